The fourth-order valence-corrected chi connectivity index (χ4v) is 4.81. The number of aliphatic carboxylic acids is 1. The first-order valence-electron chi connectivity index (χ1n) is 9.84. The lowest BCUT2D eigenvalue weighted by atomic mass is 10.0. The summed E-state index contributed by atoms with van der Waals surface area (Å²) in [6.07, 6.45) is 2.70. The first-order chi connectivity index (χ1) is 15.1. The van der Waals surface area contributed by atoms with Gasteiger partial charge in [-0.05, 0) is 60.7 Å². The zero-order valence-corrected chi connectivity index (χ0v) is 19.8. The molecule has 1 fully saturated rings. The van der Waals surface area contributed by atoms with Crippen LogP contribution in [0.2, 0.25) is 0 Å². The molecule has 1 aliphatic rings. The summed E-state index contributed by atoms with van der Waals surface area (Å²) in [5.74, 6) is -1.50. The Labute approximate surface area is 193 Å². The van der Waals surface area contributed by atoms with Crippen molar-refractivity contribution in [3.05, 3.63) is 52.1 Å². The minimum atomic E-state index is -3.86. The fourth-order valence-electron chi connectivity index (χ4n) is 3.69. The molecule has 168 valence electrons. The Morgan fingerprint density at radius 3 is 2.44 bits per heavy atom. The van der Waals surface area contributed by atoms with E-state index in [0.717, 1.165) is 27.9 Å². The van der Waals surface area contributed by atoms with E-state index in [1.54, 1.807) is 24.3 Å². The summed E-state index contributed by atoms with van der Waals surface area (Å²) in [6, 6.07) is 10.6. The SMILES string of the molecule is CNC(=O)c1c2cc(C3CC3)c(N(CC(=O)O)S(C)(=O)=O)cc2nn1-c1ccc(Br)cc1. The van der Waals surface area contributed by atoms with Crippen LogP contribution in [0.3, 0.4) is 0 Å². The number of benzene rings is 2. The highest BCUT2D eigenvalue weighted by Crippen LogP contribution is 2.46. The second-order valence-electron chi connectivity index (χ2n) is 7.68. The zero-order chi connectivity index (χ0) is 23.2. The van der Waals surface area contributed by atoms with E-state index in [9.17, 15) is 23.1 Å². The molecule has 1 saturated carbocycles. The van der Waals surface area contributed by atoms with E-state index in [0.29, 0.717) is 27.8 Å². The lowest BCUT2D eigenvalue weighted by Crippen LogP contribution is -2.35. The Morgan fingerprint density at radius 2 is 1.91 bits per heavy atom. The molecule has 11 heteroatoms. The van der Waals surface area contributed by atoms with Crippen LogP contribution in [0.1, 0.15) is 34.8 Å². The maximum Gasteiger partial charge on any atom is 0.324 e. The summed E-state index contributed by atoms with van der Waals surface area (Å²) in [7, 11) is -2.33. The topological polar surface area (TPSA) is 122 Å². The van der Waals surface area contributed by atoms with Crippen molar-refractivity contribution in [3.63, 3.8) is 0 Å². The van der Waals surface area contributed by atoms with Crippen LogP contribution in [-0.4, -0.2) is 55.0 Å². The summed E-state index contributed by atoms with van der Waals surface area (Å²) < 4.78 is 28.2. The third-order valence-electron chi connectivity index (χ3n) is 5.30. The molecule has 1 aliphatic carbocycles. The van der Waals surface area contributed by atoms with Gasteiger partial charge < -0.3 is 10.4 Å². The Bertz CT molecular complexity index is 1330. The number of nitrogens with one attached hydrogen (secondary N) is 1. The maximum atomic E-state index is 12.8. The number of carboxylic acids is 1. The number of anilines is 1. The number of hydrogen-bond acceptors (Lipinski definition) is 5. The monoisotopic (exact) mass is 520 g/mol. The van der Waals surface area contributed by atoms with Crippen LogP contribution in [0.4, 0.5) is 5.69 Å². The lowest BCUT2D eigenvalue weighted by Gasteiger charge is -2.23. The van der Waals surface area contributed by atoms with Crippen molar-refractivity contribution in [2.24, 2.45) is 0 Å². The molecule has 0 bridgehead atoms. The number of carbonyl (C=O) groups excluding carboxylic acids is 1. The molecule has 0 spiro atoms. The largest absolute Gasteiger partial charge is 0.480 e. The highest BCUT2D eigenvalue weighted by atomic mass is 79.9. The smallest absolute Gasteiger partial charge is 0.324 e. The van der Waals surface area contributed by atoms with Crippen molar-refractivity contribution >= 4 is 54.4 Å². The van der Waals surface area contributed by atoms with Gasteiger partial charge in [0.15, 0.2) is 0 Å². The average Bonchev–Trinajstić information content (AvgIpc) is 3.51. The van der Waals surface area contributed by atoms with Gasteiger partial charge in [0.1, 0.15) is 12.2 Å². The molecule has 9 nitrogen and oxygen atoms in total. The van der Waals surface area contributed by atoms with Gasteiger partial charge in [0, 0.05) is 16.9 Å². The first kappa shape index (κ1) is 22.3. The van der Waals surface area contributed by atoms with E-state index in [-0.39, 0.29) is 17.5 Å². The molecule has 1 aromatic heterocycles. The highest BCUT2D eigenvalue weighted by Gasteiger charge is 2.33. The number of fused-ring (bicyclic) bond motifs is 1. The van der Waals surface area contributed by atoms with Gasteiger partial charge >= 0.3 is 5.97 Å². The Morgan fingerprint density at radius 1 is 1.25 bits per heavy atom. The summed E-state index contributed by atoms with van der Waals surface area (Å²) in [5, 5.41) is 17.1. The Kier molecular flexibility index (Phi) is 5.72. The minimum absolute atomic E-state index is 0.0982. The Hall–Kier alpha value is -2.92. The lowest BCUT2D eigenvalue weighted by molar-refractivity contribution is -0.135. The predicted octanol–water partition coefficient (Wildman–Crippen LogP) is 2.88. The Balaban J connectivity index is 2.00. The predicted molar refractivity (Wildman–Crippen MR) is 124 cm³/mol. The second kappa shape index (κ2) is 8.21. The average molecular weight is 521 g/mol. The molecule has 1 heterocycles. The van der Waals surface area contributed by atoms with Crippen molar-refractivity contribution in [3.8, 4) is 5.69 Å². The van der Waals surface area contributed by atoms with Crippen LogP contribution in [0.5, 0.6) is 0 Å². The molecule has 0 unspecified atom stereocenters. The van der Waals surface area contributed by atoms with E-state index in [1.165, 1.54) is 11.7 Å². The minimum Gasteiger partial charge on any atom is -0.480 e. The van der Waals surface area contributed by atoms with Gasteiger partial charge in [-0.3, -0.25) is 13.9 Å². The normalized spacial score (nSPS) is 13.8. The highest BCUT2D eigenvalue weighted by molar-refractivity contribution is 9.10. The van der Waals surface area contributed by atoms with Crippen LogP contribution in [0, 0.1) is 0 Å². The molecule has 0 aliphatic heterocycles. The van der Waals surface area contributed by atoms with E-state index < -0.39 is 22.5 Å². The van der Waals surface area contributed by atoms with Gasteiger partial charge in [-0.2, -0.15) is 5.10 Å². The fraction of sp³-hybridized carbons (Fsp3) is 0.286. The van der Waals surface area contributed by atoms with Crippen LogP contribution in [-0.2, 0) is 14.8 Å². The van der Waals surface area contributed by atoms with Gasteiger partial charge in [0.25, 0.3) is 5.91 Å². The summed E-state index contributed by atoms with van der Waals surface area (Å²) in [6.45, 7) is -0.695. The number of halogens is 1. The van der Waals surface area contributed by atoms with Gasteiger partial charge in [0.2, 0.25) is 10.0 Å². The summed E-state index contributed by atoms with van der Waals surface area (Å²) in [5.41, 5.74) is 2.36. The third-order valence-corrected chi connectivity index (χ3v) is 6.95. The number of aromatic nitrogens is 2. The van der Waals surface area contributed by atoms with Gasteiger partial charge in [-0.1, -0.05) is 15.9 Å². The van der Waals surface area contributed by atoms with Crippen molar-refractivity contribution in [2.75, 3.05) is 24.2 Å². The number of amides is 1. The van der Waals surface area contributed by atoms with Crippen LogP contribution >= 0.6 is 15.9 Å². The molecule has 0 atom stereocenters. The van der Waals surface area contributed by atoms with E-state index in [4.69, 9.17) is 0 Å². The van der Waals surface area contributed by atoms with Crippen LogP contribution in [0.15, 0.2) is 40.9 Å². The molecule has 0 radical (unpaired) electrons. The molecule has 1 amide bonds. The number of rotatable bonds is 7. The molecule has 0 saturated heterocycles. The van der Waals surface area contributed by atoms with Crippen LogP contribution < -0.4 is 9.62 Å². The third kappa shape index (κ3) is 4.22. The van der Waals surface area contributed by atoms with Gasteiger partial charge in [-0.25, -0.2) is 13.1 Å². The van der Waals surface area contributed by atoms with Crippen molar-refractivity contribution in [1.82, 2.24) is 15.1 Å². The number of nitrogens with zero attached hydrogens (tertiary/aromatic N) is 3. The number of sulfonamides is 1. The van der Waals surface area contributed by atoms with E-state index in [2.05, 4.69) is 26.3 Å². The van der Waals surface area contributed by atoms with E-state index in [1.807, 2.05) is 12.1 Å². The summed E-state index contributed by atoms with van der Waals surface area (Å²) >= 11 is 3.39. The van der Waals surface area contributed by atoms with Crippen molar-refractivity contribution < 1.29 is 23.1 Å². The molecule has 2 aromatic carbocycles. The van der Waals surface area contributed by atoms with Crippen molar-refractivity contribution in [1.29, 1.82) is 0 Å². The van der Waals surface area contributed by atoms with Crippen LogP contribution in [0.25, 0.3) is 16.6 Å². The standard InChI is InChI=1S/C21H21BrN4O5S/c1-23-21(29)20-16-9-15(12-3-4-12)18(25(11-19(27)28)32(2,30)31)10-17(16)24-26(20)14-7-5-13(22)6-8-14/h5-10,12H,3-4,11H2,1-2H3,(H,23,29)(H,27,28). The second-order valence-corrected chi connectivity index (χ2v) is 10.5. The molecule has 32 heavy (non-hydrogen) atoms. The van der Waals surface area contributed by atoms with E-state index >= 15 is 0 Å². The number of carbonyl (C=O) groups is 2. The molecule has 2 N–H and O–H groups in total. The molecular weight excluding hydrogens is 500 g/mol. The number of carboxylic acid groups (broad SMARTS) is 1. The summed E-state index contributed by atoms with van der Waals surface area (Å²) in [4.78, 5) is 24.2. The van der Waals surface area contributed by atoms with Gasteiger partial charge in [0.05, 0.1) is 23.1 Å². The molecule has 4 rings (SSSR count). The number of hydrogen-bond donors (Lipinski definition) is 2. The van der Waals surface area contributed by atoms with Crippen molar-refractivity contribution in [2.45, 2.75) is 18.8 Å². The quantitative estimate of drug-likeness (QED) is 0.493. The molecular formula is C21H21BrN4O5S. The zero-order valence-electron chi connectivity index (χ0n) is 17.4. The molecule has 3 aromatic rings. The maximum absolute atomic E-state index is 12.8. The van der Waals surface area contributed by atoms with Gasteiger partial charge in [-0.15, -0.1) is 0 Å². The first-order valence-corrected chi connectivity index (χ1v) is 12.5.